The summed E-state index contributed by atoms with van der Waals surface area (Å²) in [5.74, 6) is 0.901. The lowest BCUT2D eigenvalue weighted by molar-refractivity contribution is -0.00522. The molecule has 0 saturated carbocycles. The van der Waals surface area contributed by atoms with E-state index in [9.17, 15) is 0 Å². The highest BCUT2D eigenvalue weighted by Gasteiger charge is 2.35. The Kier molecular flexibility index (Phi) is 9.48. The maximum Gasteiger partial charge on any atom is 0.193 e. The van der Waals surface area contributed by atoms with Crippen LogP contribution in [0.25, 0.3) is 0 Å². The van der Waals surface area contributed by atoms with Gasteiger partial charge in [0.1, 0.15) is 0 Å². The molecule has 0 bridgehead atoms. The largest absolute Gasteiger partial charge is 0.381 e. The molecule has 0 aliphatic carbocycles. The number of ether oxygens (including phenoxy) is 1. The van der Waals surface area contributed by atoms with Gasteiger partial charge in [-0.25, -0.2) is 0 Å². The molecule has 1 heterocycles. The predicted molar refractivity (Wildman–Crippen MR) is 116 cm³/mol. The molecule has 0 amide bonds. The molecule has 1 aliphatic heterocycles. The average molecular weight is 481 g/mol. The summed E-state index contributed by atoms with van der Waals surface area (Å²) in [6.45, 7) is 3.29. The van der Waals surface area contributed by atoms with E-state index in [0.29, 0.717) is 0 Å². The van der Waals surface area contributed by atoms with Crippen LogP contribution in [0.2, 0.25) is 5.02 Å². The van der Waals surface area contributed by atoms with Crippen molar-refractivity contribution < 1.29 is 4.74 Å². The second-order valence-electron chi connectivity index (χ2n) is 6.61. The Morgan fingerprint density at radius 2 is 1.80 bits per heavy atom. The number of nitrogens with zero attached hydrogens (tertiary/aromatic N) is 3. The lowest BCUT2D eigenvalue weighted by atomic mass is 9.88. The average Bonchev–Trinajstić information content (AvgIpc) is 2.58. The molecule has 25 heavy (non-hydrogen) atoms. The molecule has 2 rings (SSSR count). The van der Waals surface area contributed by atoms with Gasteiger partial charge in [-0.3, -0.25) is 4.99 Å². The number of rotatable bonds is 5. The fourth-order valence-corrected chi connectivity index (χ4v) is 3.23. The summed E-state index contributed by atoms with van der Waals surface area (Å²) in [5, 5.41) is 4.31. The Morgan fingerprint density at radius 1 is 1.20 bits per heavy atom. The van der Waals surface area contributed by atoms with Crippen LogP contribution in [0.15, 0.2) is 29.3 Å². The first-order valence-corrected chi connectivity index (χ1v) is 8.76. The van der Waals surface area contributed by atoms with E-state index >= 15 is 0 Å². The maximum atomic E-state index is 5.95. The molecule has 1 aromatic carbocycles. The summed E-state index contributed by atoms with van der Waals surface area (Å²) in [5.41, 5.74) is 1.33. The van der Waals surface area contributed by atoms with Gasteiger partial charge in [-0.2, -0.15) is 0 Å². The van der Waals surface area contributed by atoms with E-state index in [-0.39, 0.29) is 29.5 Å². The molecule has 0 spiro atoms. The summed E-state index contributed by atoms with van der Waals surface area (Å²) in [6, 6.07) is 7.94. The lowest BCUT2D eigenvalue weighted by Gasteiger charge is -2.43. The predicted octanol–water partition coefficient (Wildman–Crippen LogP) is 3.08. The van der Waals surface area contributed by atoms with Crippen molar-refractivity contribution >= 4 is 41.5 Å². The molecule has 142 valence electrons. The normalized spacial score (nSPS) is 17.1. The summed E-state index contributed by atoms with van der Waals surface area (Å²) in [6.07, 6.45) is 2.07. The molecule has 0 atom stereocenters. The smallest absolute Gasteiger partial charge is 0.193 e. The zero-order chi connectivity index (χ0) is 17.6. The number of hydrogen-bond acceptors (Lipinski definition) is 3. The topological polar surface area (TPSA) is 40.1 Å². The minimum absolute atomic E-state index is 0. The Balaban J connectivity index is 0.00000312. The van der Waals surface area contributed by atoms with Gasteiger partial charge in [-0.15, -0.1) is 24.0 Å². The minimum Gasteiger partial charge on any atom is -0.381 e. The van der Waals surface area contributed by atoms with E-state index in [4.69, 9.17) is 16.3 Å². The van der Waals surface area contributed by atoms with Gasteiger partial charge in [0, 0.05) is 51.0 Å². The van der Waals surface area contributed by atoms with Gasteiger partial charge in [0.15, 0.2) is 5.96 Å². The van der Waals surface area contributed by atoms with Gasteiger partial charge in [-0.05, 0) is 44.6 Å². The number of guanidine groups is 1. The van der Waals surface area contributed by atoms with Gasteiger partial charge < -0.3 is 19.9 Å². The number of nitrogens with one attached hydrogen (secondary N) is 1. The third-order valence-electron chi connectivity index (χ3n) is 4.85. The molecule has 1 saturated heterocycles. The van der Waals surface area contributed by atoms with Crippen LogP contribution in [0.4, 0.5) is 0 Å². The van der Waals surface area contributed by atoms with E-state index in [1.165, 1.54) is 5.56 Å². The molecule has 1 N–H and O–H groups in total. The van der Waals surface area contributed by atoms with Crippen LogP contribution in [0, 0.1) is 0 Å². The van der Waals surface area contributed by atoms with Crippen LogP contribution < -0.4 is 5.32 Å². The van der Waals surface area contributed by atoms with Crippen LogP contribution in [0.5, 0.6) is 0 Å². The van der Waals surface area contributed by atoms with Crippen molar-refractivity contribution in [3.63, 3.8) is 0 Å². The van der Waals surface area contributed by atoms with E-state index in [1.54, 1.807) is 0 Å². The van der Waals surface area contributed by atoms with Crippen LogP contribution in [-0.4, -0.2) is 69.2 Å². The molecule has 0 unspecified atom stereocenters. The summed E-state index contributed by atoms with van der Waals surface area (Å²) < 4.78 is 5.54. The Morgan fingerprint density at radius 3 is 2.32 bits per heavy atom. The molecule has 0 radical (unpaired) electrons. The molecule has 1 fully saturated rings. The molecule has 1 aliphatic rings. The van der Waals surface area contributed by atoms with Gasteiger partial charge in [0.05, 0.1) is 0 Å². The third kappa shape index (κ3) is 6.27. The van der Waals surface area contributed by atoms with Gasteiger partial charge in [0.25, 0.3) is 0 Å². The van der Waals surface area contributed by atoms with Crippen LogP contribution in [0.1, 0.15) is 18.4 Å². The molecule has 1 aromatic rings. The van der Waals surface area contributed by atoms with Gasteiger partial charge >= 0.3 is 0 Å². The SMILES string of the molecule is CN=C(NCC1(N(C)C)CCOCC1)N(C)Cc1ccc(Cl)cc1.I. The van der Waals surface area contributed by atoms with Crippen molar-refractivity contribution in [1.29, 1.82) is 0 Å². The van der Waals surface area contributed by atoms with Crippen LogP contribution in [0.3, 0.4) is 0 Å². The first-order valence-electron chi connectivity index (χ1n) is 8.38. The molecule has 5 nitrogen and oxygen atoms in total. The fourth-order valence-electron chi connectivity index (χ4n) is 3.10. The third-order valence-corrected chi connectivity index (χ3v) is 5.11. The fraction of sp³-hybridized carbons (Fsp3) is 0.611. The number of aliphatic imine (C=N–C) groups is 1. The Hall–Kier alpha value is -0.570. The summed E-state index contributed by atoms with van der Waals surface area (Å²) in [7, 11) is 8.17. The lowest BCUT2D eigenvalue weighted by Crippen LogP contribution is -2.57. The van der Waals surface area contributed by atoms with Crippen molar-refractivity contribution in [2.75, 3.05) is 47.9 Å². The first kappa shape index (κ1) is 22.5. The summed E-state index contributed by atoms with van der Waals surface area (Å²) in [4.78, 5) is 8.88. The number of benzene rings is 1. The van der Waals surface area contributed by atoms with Crippen molar-refractivity contribution in [2.24, 2.45) is 4.99 Å². The Labute approximate surface area is 173 Å². The zero-order valence-corrected chi connectivity index (χ0v) is 18.7. The number of halogens is 2. The quantitative estimate of drug-likeness (QED) is 0.399. The highest BCUT2D eigenvalue weighted by molar-refractivity contribution is 14.0. The van der Waals surface area contributed by atoms with Gasteiger partial charge in [-0.1, -0.05) is 23.7 Å². The molecular weight excluding hydrogens is 451 g/mol. The van der Waals surface area contributed by atoms with Gasteiger partial charge in [0.2, 0.25) is 0 Å². The van der Waals surface area contributed by atoms with Crippen molar-refractivity contribution in [3.05, 3.63) is 34.9 Å². The van der Waals surface area contributed by atoms with Crippen LogP contribution in [-0.2, 0) is 11.3 Å². The van der Waals surface area contributed by atoms with E-state index in [0.717, 1.165) is 50.1 Å². The van der Waals surface area contributed by atoms with E-state index < -0.39 is 0 Å². The van der Waals surface area contributed by atoms with Crippen molar-refractivity contribution in [2.45, 2.75) is 24.9 Å². The number of hydrogen-bond donors (Lipinski definition) is 1. The highest BCUT2D eigenvalue weighted by Crippen LogP contribution is 2.25. The number of likely N-dealkylation sites (N-methyl/N-ethyl adjacent to an activating group) is 1. The first-order chi connectivity index (χ1) is 11.5. The van der Waals surface area contributed by atoms with E-state index in [2.05, 4.69) is 41.3 Å². The molecular formula is C18H30ClIN4O. The van der Waals surface area contributed by atoms with E-state index in [1.807, 2.05) is 31.3 Å². The zero-order valence-electron chi connectivity index (χ0n) is 15.6. The monoisotopic (exact) mass is 480 g/mol. The van der Waals surface area contributed by atoms with Crippen molar-refractivity contribution in [3.8, 4) is 0 Å². The molecule has 7 heteroatoms. The second kappa shape index (κ2) is 10.5. The maximum absolute atomic E-state index is 5.95. The standard InChI is InChI=1S/C18H29ClN4O.HI/c1-20-17(23(4)13-15-5-7-16(19)8-6-15)21-14-18(22(2)3)9-11-24-12-10-18;/h5-8H,9-14H2,1-4H3,(H,20,21);1H. The highest BCUT2D eigenvalue weighted by atomic mass is 127. The minimum atomic E-state index is 0. The Bertz CT molecular complexity index is 545. The van der Waals surface area contributed by atoms with Crippen molar-refractivity contribution in [1.82, 2.24) is 15.1 Å². The van der Waals surface area contributed by atoms with Crippen LogP contribution >= 0.6 is 35.6 Å². The molecule has 0 aromatic heterocycles. The summed E-state index contributed by atoms with van der Waals surface area (Å²) >= 11 is 5.95. The second-order valence-corrected chi connectivity index (χ2v) is 7.05.